The SMILES string of the molecule is Cc1ccc(C)c(N(CC(=O)N(CCc2ccccc2)[C@H](C)C(=O)NC(C)C)S(C)(=O)=O)c1. The highest BCUT2D eigenvalue weighted by molar-refractivity contribution is 7.92. The quantitative estimate of drug-likeness (QED) is 0.575. The molecule has 0 aliphatic rings. The first-order valence-electron chi connectivity index (χ1n) is 11.1. The van der Waals surface area contributed by atoms with Crippen LogP contribution in [0.5, 0.6) is 0 Å². The fourth-order valence-corrected chi connectivity index (χ4v) is 4.46. The molecule has 0 saturated carbocycles. The van der Waals surface area contributed by atoms with Crippen LogP contribution in [0.2, 0.25) is 0 Å². The summed E-state index contributed by atoms with van der Waals surface area (Å²) in [4.78, 5) is 27.7. The monoisotopic (exact) mass is 473 g/mol. The van der Waals surface area contributed by atoms with E-state index in [1.807, 2.05) is 70.2 Å². The maximum absolute atomic E-state index is 13.5. The molecule has 0 aromatic heterocycles. The van der Waals surface area contributed by atoms with Crippen molar-refractivity contribution in [2.45, 2.75) is 53.1 Å². The summed E-state index contributed by atoms with van der Waals surface area (Å²) in [6.45, 7) is 8.97. The van der Waals surface area contributed by atoms with Crippen molar-refractivity contribution in [3.05, 3.63) is 65.2 Å². The molecule has 0 radical (unpaired) electrons. The summed E-state index contributed by atoms with van der Waals surface area (Å²) in [5.41, 5.74) is 3.14. The third-order valence-corrected chi connectivity index (χ3v) is 6.52. The molecule has 2 aromatic rings. The van der Waals surface area contributed by atoms with Crippen molar-refractivity contribution < 1.29 is 18.0 Å². The molecule has 1 atom stereocenters. The van der Waals surface area contributed by atoms with Gasteiger partial charge in [-0.05, 0) is 63.8 Å². The number of nitrogens with one attached hydrogen (secondary N) is 1. The lowest BCUT2D eigenvalue weighted by Crippen LogP contribution is -2.53. The molecule has 0 bridgehead atoms. The molecule has 0 fully saturated rings. The van der Waals surface area contributed by atoms with E-state index < -0.39 is 22.0 Å². The zero-order valence-electron chi connectivity index (χ0n) is 20.3. The van der Waals surface area contributed by atoms with E-state index in [0.717, 1.165) is 27.3 Å². The molecule has 33 heavy (non-hydrogen) atoms. The summed E-state index contributed by atoms with van der Waals surface area (Å²) in [6.07, 6.45) is 1.64. The third-order valence-electron chi connectivity index (χ3n) is 5.39. The maximum atomic E-state index is 13.5. The largest absolute Gasteiger partial charge is 0.352 e. The van der Waals surface area contributed by atoms with Gasteiger partial charge < -0.3 is 10.2 Å². The second-order valence-electron chi connectivity index (χ2n) is 8.72. The van der Waals surface area contributed by atoms with E-state index in [1.54, 1.807) is 13.0 Å². The van der Waals surface area contributed by atoms with Crippen LogP contribution in [-0.4, -0.2) is 56.6 Å². The number of amides is 2. The number of aryl methyl sites for hydroxylation is 2. The van der Waals surface area contributed by atoms with Gasteiger partial charge in [0.15, 0.2) is 0 Å². The standard InChI is InChI=1S/C25H35N3O4S/c1-18(2)26-25(30)21(5)27(15-14-22-10-8-7-9-11-22)24(29)17-28(33(6,31)32)23-16-19(3)12-13-20(23)4/h7-13,16,18,21H,14-15,17H2,1-6H3,(H,26,30)/t21-/m1/s1. The Bertz CT molecular complexity index is 1070. The fourth-order valence-electron chi connectivity index (χ4n) is 3.56. The van der Waals surface area contributed by atoms with Crippen LogP contribution in [0.3, 0.4) is 0 Å². The van der Waals surface area contributed by atoms with E-state index in [4.69, 9.17) is 0 Å². The minimum Gasteiger partial charge on any atom is -0.352 e. The van der Waals surface area contributed by atoms with Crippen molar-refractivity contribution in [3.63, 3.8) is 0 Å². The van der Waals surface area contributed by atoms with Crippen molar-refractivity contribution in [2.75, 3.05) is 23.7 Å². The minimum atomic E-state index is -3.73. The van der Waals surface area contributed by atoms with Gasteiger partial charge in [-0.25, -0.2) is 8.42 Å². The summed E-state index contributed by atoms with van der Waals surface area (Å²) in [6, 6.07) is 14.3. The van der Waals surface area contributed by atoms with Gasteiger partial charge in [0.25, 0.3) is 0 Å². The molecule has 0 aliphatic heterocycles. The average molecular weight is 474 g/mol. The molecule has 180 valence electrons. The van der Waals surface area contributed by atoms with E-state index in [1.165, 1.54) is 4.90 Å². The number of anilines is 1. The fraction of sp³-hybridized carbons (Fsp3) is 0.440. The molecule has 2 rings (SSSR count). The molecular formula is C25H35N3O4S. The van der Waals surface area contributed by atoms with Crippen LogP contribution in [-0.2, 0) is 26.0 Å². The lowest BCUT2D eigenvalue weighted by molar-refractivity contribution is -0.139. The topological polar surface area (TPSA) is 86.8 Å². The summed E-state index contributed by atoms with van der Waals surface area (Å²) >= 11 is 0. The third kappa shape index (κ3) is 7.60. The molecule has 2 amide bonds. The van der Waals surface area contributed by atoms with Gasteiger partial charge in [-0.2, -0.15) is 0 Å². The Labute approximate surface area is 197 Å². The Kier molecular flexibility index (Phi) is 9.05. The number of hydrogen-bond donors (Lipinski definition) is 1. The molecule has 2 aromatic carbocycles. The number of hydrogen-bond acceptors (Lipinski definition) is 4. The highest BCUT2D eigenvalue weighted by Crippen LogP contribution is 2.24. The van der Waals surface area contributed by atoms with Gasteiger partial charge in [-0.1, -0.05) is 42.5 Å². The van der Waals surface area contributed by atoms with Crippen molar-refractivity contribution in [1.82, 2.24) is 10.2 Å². The molecule has 1 N–H and O–H groups in total. The molecule has 0 heterocycles. The van der Waals surface area contributed by atoms with Crippen molar-refractivity contribution >= 4 is 27.5 Å². The molecular weight excluding hydrogens is 438 g/mol. The van der Waals surface area contributed by atoms with Crippen molar-refractivity contribution in [2.24, 2.45) is 0 Å². The highest BCUT2D eigenvalue weighted by atomic mass is 32.2. The van der Waals surface area contributed by atoms with Crippen LogP contribution in [0.4, 0.5) is 5.69 Å². The molecule has 7 nitrogen and oxygen atoms in total. The molecule has 0 aliphatic carbocycles. The minimum absolute atomic E-state index is 0.0755. The van der Waals surface area contributed by atoms with Crippen LogP contribution in [0.15, 0.2) is 48.5 Å². The molecule has 0 saturated heterocycles. The van der Waals surface area contributed by atoms with Crippen molar-refractivity contribution in [3.8, 4) is 0 Å². The number of rotatable bonds is 10. The van der Waals surface area contributed by atoms with E-state index in [2.05, 4.69) is 5.32 Å². The second kappa shape index (κ2) is 11.3. The summed E-state index contributed by atoms with van der Waals surface area (Å²) in [5.74, 6) is -0.701. The Morgan fingerprint density at radius 2 is 1.64 bits per heavy atom. The highest BCUT2D eigenvalue weighted by Gasteiger charge is 2.30. The van der Waals surface area contributed by atoms with E-state index in [-0.39, 0.29) is 18.5 Å². The Morgan fingerprint density at radius 3 is 2.21 bits per heavy atom. The number of carbonyl (C=O) groups is 2. The second-order valence-corrected chi connectivity index (χ2v) is 10.6. The van der Waals surface area contributed by atoms with Crippen LogP contribution in [0.1, 0.15) is 37.5 Å². The first-order chi connectivity index (χ1) is 15.4. The van der Waals surface area contributed by atoms with Gasteiger partial charge in [-0.3, -0.25) is 13.9 Å². The lowest BCUT2D eigenvalue weighted by atomic mass is 10.1. The van der Waals surface area contributed by atoms with Crippen LogP contribution >= 0.6 is 0 Å². The number of nitrogens with zero attached hydrogens (tertiary/aromatic N) is 2. The summed E-state index contributed by atoms with van der Waals surface area (Å²) in [5, 5.41) is 2.84. The van der Waals surface area contributed by atoms with Gasteiger partial charge in [0.2, 0.25) is 21.8 Å². The zero-order valence-corrected chi connectivity index (χ0v) is 21.1. The average Bonchev–Trinajstić information content (AvgIpc) is 2.73. The predicted octanol–water partition coefficient (Wildman–Crippen LogP) is 3.05. The van der Waals surface area contributed by atoms with Gasteiger partial charge in [0, 0.05) is 12.6 Å². The zero-order chi connectivity index (χ0) is 24.8. The Hall–Kier alpha value is -2.87. The molecule has 0 unspecified atom stereocenters. The number of carbonyl (C=O) groups excluding carboxylic acids is 2. The Morgan fingerprint density at radius 1 is 1.00 bits per heavy atom. The van der Waals surface area contributed by atoms with Gasteiger partial charge in [-0.15, -0.1) is 0 Å². The first-order valence-corrected chi connectivity index (χ1v) is 12.9. The number of benzene rings is 2. The lowest BCUT2D eigenvalue weighted by Gasteiger charge is -2.32. The van der Waals surface area contributed by atoms with Crippen LogP contribution in [0, 0.1) is 13.8 Å². The summed E-state index contributed by atoms with van der Waals surface area (Å²) in [7, 11) is -3.73. The van der Waals surface area contributed by atoms with Gasteiger partial charge >= 0.3 is 0 Å². The first kappa shape index (κ1) is 26.4. The van der Waals surface area contributed by atoms with Gasteiger partial charge in [0.1, 0.15) is 12.6 Å². The smallest absolute Gasteiger partial charge is 0.244 e. The van der Waals surface area contributed by atoms with Crippen LogP contribution in [0.25, 0.3) is 0 Å². The van der Waals surface area contributed by atoms with E-state index in [0.29, 0.717) is 18.7 Å². The van der Waals surface area contributed by atoms with Crippen LogP contribution < -0.4 is 9.62 Å². The summed E-state index contributed by atoms with van der Waals surface area (Å²) < 4.78 is 26.4. The molecule has 0 spiro atoms. The van der Waals surface area contributed by atoms with Gasteiger partial charge in [0.05, 0.1) is 11.9 Å². The Balaban J connectivity index is 2.35. The van der Waals surface area contributed by atoms with E-state index in [9.17, 15) is 18.0 Å². The van der Waals surface area contributed by atoms with Crippen molar-refractivity contribution in [1.29, 1.82) is 0 Å². The predicted molar refractivity (Wildman–Crippen MR) is 133 cm³/mol. The normalized spacial score (nSPS) is 12.3. The van der Waals surface area contributed by atoms with E-state index >= 15 is 0 Å². The molecule has 8 heteroatoms. The maximum Gasteiger partial charge on any atom is 0.244 e. The number of sulfonamides is 1.